The lowest BCUT2D eigenvalue weighted by Gasteiger charge is -2.18. The first-order valence-corrected chi connectivity index (χ1v) is 8.83. The molecule has 1 amide bonds. The van der Waals surface area contributed by atoms with Crippen LogP contribution in [0.5, 0.6) is 0 Å². The Hall–Kier alpha value is -3.16. The molecule has 0 spiro atoms. The number of anilines is 2. The fourth-order valence-corrected chi connectivity index (χ4v) is 2.82. The highest BCUT2D eigenvalue weighted by Crippen LogP contribution is 2.31. The van der Waals surface area contributed by atoms with Gasteiger partial charge in [-0.1, -0.05) is 12.1 Å². The summed E-state index contributed by atoms with van der Waals surface area (Å²) in [6.45, 7) is 5.00. The summed E-state index contributed by atoms with van der Waals surface area (Å²) in [4.78, 5) is 21.3. The van der Waals surface area contributed by atoms with Crippen LogP contribution in [-0.2, 0) is 6.18 Å². The van der Waals surface area contributed by atoms with Gasteiger partial charge in [-0.3, -0.25) is 4.79 Å². The maximum Gasteiger partial charge on any atom is 0.451 e. The van der Waals surface area contributed by atoms with Crippen molar-refractivity contribution in [2.45, 2.75) is 20.0 Å². The summed E-state index contributed by atoms with van der Waals surface area (Å²) >= 11 is 0. The highest BCUT2D eigenvalue weighted by atomic mass is 19.4. The molecule has 0 radical (unpaired) electrons. The molecule has 5 nitrogen and oxygen atoms in total. The second-order valence-electron chi connectivity index (χ2n) is 6.09. The second kappa shape index (κ2) is 7.84. The molecule has 0 fully saturated rings. The highest BCUT2D eigenvalue weighted by Gasteiger charge is 2.35. The number of rotatable bonds is 5. The van der Waals surface area contributed by atoms with Crippen molar-refractivity contribution < 1.29 is 18.0 Å². The smallest absolute Gasteiger partial charge is 0.340 e. The van der Waals surface area contributed by atoms with E-state index in [1.807, 2.05) is 13.8 Å². The number of carbonyl (C=O) groups excluding carboxylic acids is 1. The molecule has 0 aliphatic rings. The molecule has 0 saturated heterocycles. The Morgan fingerprint density at radius 2 is 1.64 bits per heavy atom. The third-order valence-electron chi connectivity index (χ3n) is 4.30. The number of halogens is 3. The number of fused-ring (bicyclic) bond motifs is 1. The van der Waals surface area contributed by atoms with Crippen LogP contribution in [0.15, 0.2) is 48.5 Å². The van der Waals surface area contributed by atoms with Crippen LogP contribution in [0, 0.1) is 0 Å². The summed E-state index contributed by atoms with van der Waals surface area (Å²) in [5.41, 5.74) is 1.23. The SMILES string of the molecule is CCN(CC)C(=O)c1ccc(Nc2nc(C(F)(F)F)nc3ccccc23)cc1. The van der Waals surface area contributed by atoms with Crippen LogP contribution < -0.4 is 5.32 Å². The minimum atomic E-state index is -4.65. The van der Waals surface area contributed by atoms with Gasteiger partial charge in [0, 0.05) is 29.7 Å². The monoisotopic (exact) mass is 388 g/mol. The minimum absolute atomic E-state index is 0.0562. The molecule has 1 N–H and O–H groups in total. The van der Waals surface area contributed by atoms with Crippen molar-refractivity contribution >= 4 is 28.3 Å². The summed E-state index contributed by atoms with van der Waals surface area (Å²) in [5, 5.41) is 3.38. The predicted molar refractivity (Wildman–Crippen MR) is 102 cm³/mol. The topological polar surface area (TPSA) is 58.1 Å². The first-order chi connectivity index (χ1) is 13.3. The Bertz CT molecular complexity index is 983. The third kappa shape index (κ3) is 4.05. The van der Waals surface area contributed by atoms with E-state index in [0.717, 1.165) is 0 Å². The van der Waals surface area contributed by atoms with Crippen LogP contribution in [0.2, 0.25) is 0 Å². The lowest BCUT2D eigenvalue weighted by atomic mass is 10.1. The van der Waals surface area contributed by atoms with Gasteiger partial charge in [-0.15, -0.1) is 0 Å². The lowest BCUT2D eigenvalue weighted by Crippen LogP contribution is -2.30. The summed E-state index contributed by atoms with van der Waals surface area (Å²) in [7, 11) is 0. The Labute approximate surface area is 160 Å². The molecular formula is C20H19F3N4O. The van der Waals surface area contributed by atoms with E-state index in [2.05, 4.69) is 15.3 Å². The molecule has 8 heteroatoms. The van der Waals surface area contributed by atoms with Gasteiger partial charge < -0.3 is 10.2 Å². The molecule has 2 aromatic carbocycles. The largest absolute Gasteiger partial charge is 0.451 e. The van der Waals surface area contributed by atoms with Gasteiger partial charge in [-0.25, -0.2) is 9.97 Å². The van der Waals surface area contributed by atoms with Crippen LogP contribution in [0.25, 0.3) is 10.9 Å². The number of alkyl halides is 3. The first kappa shape index (κ1) is 19.6. The quantitative estimate of drug-likeness (QED) is 0.677. The molecular weight excluding hydrogens is 369 g/mol. The summed E-state index contributed by atoms with van der Waals surface area (Å²) in [6.07, 6.45) is -4.65. The molecule has 0 bridgehead atoms. The van der Waals surface area contributed by atoms with E-state index in [9.17, 15) is 18.0 Å². The summed E-state index contributed by atoms with van der Waals surface area (Å²) in [5.74, 6) is -1.24. The van der Waals surface area contributed by atoms with Crippen molar-refractivity contribution in [1.82, 2.24) is 14.9 Å². The van der Waals surface area contributed by atoms with E-state index in [1.54, 1.807) is 47.4 Å². The van der Waals surface area contributed by atoms with Gasteiger partial charge in [0.2, 0.25) is 5.82 Å². The predicted octanol–water partition coefficient (Wildman–Crippen LogP) is 4.87. The number of nitrogens with zero attached hydrogens (tertiary/aromatic N) is 3. The summed E-state index contributed by atoms with van der Waals surface area (Å²) in [6, 6.07) is 13.0. The number of benzene rings is 2. The van der Waals surface area contributed by atoms with Gasteiger partial charge >= 0.3 is 6.18 Å². The Balaban J connectivity index is 1.93. The van der Waals surface area contributed by atoms with E-state index in [4.69, 9.17) is 0 Å². The molecule has 0 atom stereocenters. The number of para-hydroxylation sites is 1. The van der Waals surface area contributed by atoms with Gasteiger partial charge in [0.25, 0.3) is 5.91 Å². The maximum atomic E-state index is 13.1. The fourth-order valence-electron chi connectivity index (χ4n) is 2.82. The normalized spacial score (nSPS) is 11.5. The van der Waals surface area contributed by atoms with Gasteiger partial charge in [0.1, 0.15) is 5.82 Å². The molecule has 0 saturated carbocycles. The van der Waals surface area contributed by atoms with Crippen LogP contribution in [-0.4, -0.2) is 33.9 Å². The Kier molecular flexibility index (Phi) is 5.48. The number of amides is 1. The van der Waals surface area contributed by atoms with Gasteiger partial charge in [0.15, 0.2) is 0 Å². The fraction of sp³-hybridized carbons (Fsp3) is 0.250. The van der Waals surface area contributed by atoms with Gasteiger partial charge in [-0.2, -0.15) is 13.2 Å². The van der Waals surface area contributed by atoms with Crippen LogP contribution in [0.4, 0.5) is 24.7 Å². The van der Waals surface area contributed by atoms with Crippen molar-refractivity contribution in [2.24, 2.45) is 0 Å². The van der Waals surface area contributed by atoms with Crippen molar-refractivity contribution in [1.29, 1.82) is 0 Å². The average Bonchev–Trinajstić information content (AvgIpc) is 2.68. The molecule has 28 heavy (non-hydrogen) atoms. The highest BCUT2D eigenvalue weighted by molar-refractivity contribution is 5.95. The van der Waals surface area contributed by atoms with Crippen LogP contribution in [0.1, 0.15) is 30.0 Å². The number of nitrogens with one attached hydrogen (secondary N) is 1. The first-order valence-electron chi connectivity index (χ1n) is 8.83. The second-order valence-corrected chi connectivity index (χ2v) is 6.09. The van der Waals surface area contributed by atoms with E-state index in [-0.39, 0.29) is 17.2 Å². The van der Waals surface area contributed by atoms with Gasteiger partial charge in [-0.05, 0) is 50.2 Å². The molecule has 0 aliphatic carbocycles. The van der Waals surface area contributed by atoms with E-state index in [1.165, 1.54) is 6.07 Å². The van der Waals surface area contributed by atoms with Crippen molar-refractivity contribution in [3.63, 3.8) is 0 Å². The Morgan fingerprint density at radius 1 is 1.00 bits per heavy atom. The van der Waals surface area contributed by atoms with Crippen molar-refractivity contribution in [3.05, 3.63) is 59.9 Å². The molecule has 3 rings (SSSR count). The molecule has 146 valence electrons. The van der Waals surface area contributed by atoms with Gasteiger partial charge in [0.05, 0.1) is 5.52 Å². The van der Waals surface area contributed by atoms with Crippen molar-refractivity contribution in [3.8, 4) is 0 Å². The number of aromatic nitrogens is 2. The maximum absolute atomic E-state index is 13.1. The number of hydrogen-bond donors (Lipinski definition) is 1. The lowest BCUT2D eigenvalue weighted by molar-refractivity contribution is -0.144. The van der Waals surface area contributed by atoms with Crippen molar-refractivity contribution in [2.75, 3.05) is 18.4 Å². The summed E-state index contributed by atoms with van der Waals surface area (Å²) < 4.78 is 39.4. The zero-order valence-corrected chi connectivity index (χ0v) is 15.4. The average molecular weight is 388 g/mol. The van der Waals surface area contributed by atoms with Crippen LogP contribution >= 0.6 is 0 Å². The number of hydrogen-bond acceptors (Lipinski definition) is 4. The Morgan fingerprint density at radius 3 is 2.25 bits per heavy atom. The molecule has 3 aromatic rings. The molecule has 1 heterocycles. The molecule has 0 aliphatic heterocycles. The van der Waals surface area contributed by atoms with E-state index in [0.29, 0.717) is 29.7 Å². The minimum Gasteiger partial charge on any atom is -0.340 e. The zero-order chi connectivity index (χ0) is 20.3. The molecule has 1 aromatic heterocycles. The van der Waals surface area contributed by atoms with E-state index < -0.39 is 12.0 Å². The molecule has 0 unspecified atom stereocenters. The van der Waals surface area contributed by atoms with E-state index >= 15 is 0 Å². The third-order valence-corrected chi connectivity index (χ3v) is 4.30. The number of carbonyl (C=O) groups is 1. The van der Waals surface area contributed by atoms with Crippen LogP contribution in [0.3, 0.4) is 0 Å². The standard InChI is InChI=1S/C20H19F3N4O/c1-3-27(4-2)18(28)13-9-11-14(12-10-13)24-17-15-7-5-6-8-16(15)25-19(26-17)20(21,22)23/h5-12H,3-4H2,1-2H3,(H,24,25,26). The zero-order valence-electron chi connectivity index (χ0n) is 15.4.